The Morgan fingerprint density at radius 1 is 1.20 bits per heavy atom. The number of nitrogens with zero attached hydrogens (tertiary/aromatic N) is 1. The maximum absolute atomic E-state index is 10.0. The summed E-state index contributed by atoms with van der Waals surface area (Å²) in [6.45, 7) is 3.04. The predicted octanol–water partition coefficient (Wildman–Crippen LogP) is 2.07. The molecule has 20 heavy (non-hydrogen) atoms. The number of aliphatic hydroxyl groups is 1. The third-order valence-corrected chi connectivity index (χ3v) is 4.85. The van der Waals surface area contributed by atoms with Crippen LogP contribution in [0.1, 0.15) is 24.8 Å². The number of likely N-dealkylation sites (tertiary alicyclic amines) is 1. The normalized spacial score (nSPS) is 28.9. The lowest BCUT2D eigenvalue weighted by Crippen LogP contribution is -2.46. The lowest BCUT2D eigenvalue weighted by molar-refractivity contribution is 0.126. The number of halogens is 1. The van der Waals surface area contributed by atoms with E-state index in [2.05, 4.69) is 22.3 Å². The maximum atomic E-state index is 10.0. The number of benzene rings is 1. The van der Waals surface area contributed by atoms with Crippen molar-refractivity contribution < 1.29 is 5.11 Å². The van der Waals surface area contributed by atoms with Crippen LogP contribution in [0.3, 0.4) is 0 Å². The number of aliphatic hydroxyl groups excluding tert-OH is 1. The summed E-state index contributed by atoms with van der Waals surface area (Å²) in [5, 5.41) is 14.2. The van der Waals surface area contributed by atoms with Gasteiger partial charge in [-0.1, -0.05) is 23.7 Å². The topological polar surface area (TPSA) is 35.5 Å². The SMILES string of the molecule is O[C@@H]1CC(Cc2ccc(Cl)cc2)N(C2CCNCC2)C1. The van der Waals surface area contributed by atoms with E-state index in [1.54, 1.807) is 0 Å². The van der Waals surface area contributed by atoms with Crippen molar-refractivity contribution in [3.05, 3.63) is 34.9 Å². The summed E-state index contributed by atoms with van der Waals surface area (Å²) >= 11 is 5.94. The fourth-order valence-corrected chi connectivity index (χ4v) is 3.72. The molecule has 4 heteroatoms. The van der Waals surface area contributed by atoms with Crippen molar-refractivity contribution in [2.24, 2.45) is 0 Å². The van der Waals surface area contributed by atoms with Gasteiger partial charge in [0.25, 0.3) is 0 Å². The van der Waals surface area contributed by atoms with Crippen molar-refractivity contribution in [3.63, 3.8) is 0 Å². The number of rotatable bonds is 3. The minimum Gasteiger partial charge on any atom is -0.392 e. The lowest BCUT2D eigenvalue weighted by Gasteiger charge is -2.35. The Kier molecular flexibility index (Phi) is 4.61. The van der Waals surface area contributed by atoms with Crippen molar-refractivity contribution in [1.82, 2.24) is 10.2 Å². The third-order valence-electron chi connectivity index (χ3n) is 4.60. The van der Waals surface area contributed by atoms with Crippen molar-refractivity contribution in [3.8, 4) is 0 Å². The highest BCUT2D eigenvalue weighted by atomic mass is 35.5. The molecule has 0 aliphatic carbocycles. The van der Waals surface area contributed by atoms with Crippen LogP contribution in [-0.4, -0.2) is 47.8 Å². The van der Waals surface area contributed by atoms with Gasteiger partial charge in [0.2, 0.25) is 0 Å². The molecule has 110 valence electrons. The van der Waals surface area contributed by atoms with E-state index >= 15 is 0 Å². The highest BCUT2D eigenvalue weighted by molar-refractivity contribution is 6.30. The van der Waals surface area contributed by atoms with Crippen LogP contribution in [0.25, 0.3) is 0 Å². The van der Waals surface area contributed by atoms with E-state index in [1.165, 1.54) is 18.4 Å². The van der Waals surface area contributed by atoms with E-state index in [0.717, 1.165) is 37.5 Å². The van der Waals surface area contributed by atoms with E-state index in [1.807, 2.05) is 12.1 Å². The van der Waals surface area contributed by atoms with Crippen molar-refractivity contribution >= 4 is 11.6 Å². The van der Waals surface area contributed by atoms with Gasteiger partial charge < -0.3 is 10.4 Å². The quantitative estimate of drug-likeness (QED) is 0.896. The molecule has 0 radical (unpaired) electrons. The average molecular weight is 295 g/mol. The molecule has 0 bridgehead atoms. The van der Waals surface area contributed by atoms with Crippen LogP contribution in [0, 0.1) is 0 Å². The van der Waals surface area contributed by atoms with Crippen LogP contribution in [0.15, 0.2) is 24.3 Å². The van der Waals surface area contributed by atoms with E-state index in [4.69, 9.17) is 11.6 Å². The molecule has 0 aromatic heterocycles. The number of nitrogens with one attached hydrogen (secondary N) is 1. The van der Waals surface area contributed by atoms with Gasteiger partial charge in [0.05, 0.1) is 6.10 Å². The number of hydrogen-bond donors (Lipinski definition) is 2. The summed E-state index contributed by atoms with van der Waals surface area (Å²) in [6.07, 6.45) is 4.14. The van der Waals surface area contributed by atoms with Crippen LogP contribution in [0.5, 0.6) is 0 Å². The molecule has 1 unspecified atom stereocenters. The average Bonchev–Trinajstić information content (AvgIpc) is 2.83. The molecular formula is C16H23ClN2O. The van der Waals surface area contributed by atoms with Crippen molar-refractivity contribution in [2.75, 3.05) is 19.6 Å². The molecule has 0 saturated carbocycles. The minimum atomic E-state index is -0.165. The highest BCUT2D eigenvalue weighted by Crippen LogP contribution is 2.27. The van der Waals surface area contributed by atoms with Gasteiger partial charge in [-0.2, -0.15) is 0 Å². The van der Waals surface area contributed by atoms with Gasteiger partial charge in [0.15, 0.2) is 0 Å². The second kappa shape index (κ2) is 6.44. The van der Waals surface area contributed by atoms with Crippen LogP contribution >= 0.6 is 11.6 Å². The molecule has 1 aromatic rings. The fourth-order valence-electron chi connectivity index (χ4n) is 3.60. The standard InChI is InChI=1S/C16H23ClN2O/c17-13-3-1-12(2-4-13)9-15-10-16(20)11-19(15)14-5-7-18-8-6-14/h1-4,14-16,18,20H,5-11H2/t15?,16-/m1/s1. The van der Waals surface area contributed by atoms with E-state index in [0.29, 0.717) is 12.1 Å². The molecule has 1 aromatic carbocycles. The molecule has 2 N–H and O–H groups in total. The molecule has 3 rings (SSSR count). The molecule has 2 heterocycles. The molecule has 2 atom stereocenters. The third kappa shape index (κ3) is 3.34. The molecule has 2 fully saturated rings. The zero-order valence-corrected chi connectivity index (χ0v) is 12.5. The van der Waals surface area contributed by atoms with E-state index in [-0.39, 0.29) is 6.10 Å². The Hall–Kier alpha value is -0.610. The zero-order chi connectivity index (χ0) is 13.9. The summed E-state index contributed by atoms with van der Waals surface area (Å²) in [6, 6.07) is 9.22. The first-order valence-corrected chi connectivity index (χ1v) is 7.99. The Morgan fingerprint density at radius 3 is 2.60 bits per heavy atom. The second-order valence-corrected chi connectivity index (χ2v) is 6.49. The van der Waals surface area contributed by atoms with Crippen LogP contribution in [-0.2, 0) is 6.42 Å². The van der Waals surface area contributed by atoms with Gasteiger partial charge in [0, 0.05) is 23.7 Å². The van der Waals surface area contributed by atoms with Crippen LogP contribution in [0.2, 0.25) is 5.02 Å². The van der Waals surface area contributed by atoms with Crippen molar-refractivity contribution in [1.29, 1.82) is 0 Å². The smallest absolute Gasteiger partial charge is 0.0682 e. The van der Waals surface area contributed by atoms with E-state index < -0.39 is 0 Å². The van der Waals surface area contributed by atoms with Gasteiger partial charge in [-0.3, -0.25) is 4.90 Å². The molecule has 0 spiro atoms. The highest BCUT2D eigenvalue weighted by Gasteiger charge is 2.35. The summed E-state index contributed by atoms with van der Waals surface area (Å²) in [4.78, 5) is 2.54. The summed E-state index contributed by atoms with van der Waals surface area (Å²) in [5.41, 5.74) is 1.31. The summed E-state index contributed by atoms with van der Waals surface area (Å²) in [5.74, 6) is 0. The van der Waals surface area contributed by atoms with Crippen LogP contribution in [0.4, 0.5) is 0 Å². The molecule has 2 aliphatic rings. The number of hydrogen-bond acceptors (Lipinski definition) is 3. The lowest BCUT2D eigenvalue weighted by atomic mass is 9.99. The maximum Gasteiger partial charge on any atom is 0.0682 e. The first-order chi connectivity index (χ1) is 9.72. The first-order valence-electron chi connectivity index (χ1n) is 7.61. The van der Waals surface area contributed by atoms with Gasteiger partial charge in [-0.15, -0.1) is 0 Å². The molecule has 2 saturated heterocycles. The van der Waals surface area contributed by atoms with E-state index in [9.17, 15) is 5.11 Å². The van der Waals surface area contributed by atoms with Gasteiger partial charge in [-0.25, -0.2) is 0 Å². The van der Waals surface area contributed by atoms with Gasteiger partial charge in [-0.05, 0) is 56.5 Å². The number of β-amino-alcohol motifs (C(OH)–C–C–N with tert-alkyl or cyclic N) is 1. The largest absolute Gasteiger partial charge is 0.392 e. The summed E-state index contributed by atoms with van der Waals surface area (Å²) < 4.78 is 0. The van der Waals surface area contributed by atoms with Crippen molar-refractivity contribution in [2.45, 2.75) is 43.9 Å². The Morgan fingerprint density at radius 2 is 1.90 bits per heavy atom. The Balaban J connectivity index is 1.67. The van der Waals surface area contributed by atoms with Gasteiger partial charge in [0.1, 0.15) is 0 Å². The summed E-state index contributed by atoms with van der Waals surface area (Å²) in [7, 11) is 0. The zero-order valence-electron chi connectivity index (χ0n) is 11.8. The minimum absolute atomic E-state index is 0.165. The van der Waals surface area contributed by atoms with Gasteiger partial charge >= 0.3 is 0 Å². The predicted molar refractivity (Wildman–Crippen MR) is 82.2 cm³/mol. The molecule has 0 amide bonds. The molecular weight excluding hydrogens is 272 g/mol. The Bertz CT molecular complexity index is 431. The first kappa shape index (κ1) is 14.3. The Labute approximate surface area is 125 Å². The number of piperidine rings is 1. The molecule has 2 aliphatic heterocycles. The molecule has 3 nitrogen and oxygen atoms in total. The fraction of sp³-hybridized carbons (Fsp3) is 0.625. The second-order valence-electron chi connectivity index (χ2n) is 6.05. The monoisotopic (exact) mass is 294 g/mol. The van der Waals surface area contributed by atoms with Crippen LogP contribution < -0.4 is 5.32 Å².